The molecule has 0 aliphatic heterocycles. The van der Waals surface area contributed by atoms with Gasteiger partial charge in [-0.05, 0) is 5.56 Å². The Morgan fingerprint density at radius 1 is 1.38 bits per heavy atom. The van der Waals surface area contributed by atoms with Crippen LogP contribution in [-0.2, 0) is 11.3 Å². The van der Waals surface area contributed by atoms with E-state index in [-0.39, 0.29) is 0 Å². The molecule has 5 heteroatoms. The van der Waals surface area contributed by atoms with Gasteiger partial charge < -0.3 is 9.26 Å². The molecule has 0 fully saturated rings. The molecule has 1 atom stereocenters. The van der Waals surface area contributed by atoms with Crippen LogP contribution < -0.4 is 0 Å². The topological polar surface area (TPSA) is 48.2 Å². The first-order valence-corrected chi connectivity index (χ1v) is 5.25. The van der Waals surface area contributed by atoms with Gasteiger partial charge in [0.05, 0.1) is 0 Å². The fourth-order valence-electron chi connectivity index (χ4n) is 1.32. The van der Waals surface area contributed by atoms with Crippen LogP contribution in [0.2, 0.25) is 0 Å². The number of halogens is 1. The number of alkyl halides is 1. The van der Waals surface area contributed by atoms with Gasteiger partial charge in [0, 0.05) is 7.11 Å². The minimum absolute atomic E-state index is 0.321. The second kappa shape index (κ2) is 5.09. The van der Waals surface area contributed by atoms with Crippen LogP contribution in [0, 0.1) is 0 Å². The molecule has 0 amide bonds. The summed E-state index contributed by atoms with van der Waals surface area (Å²) in [5, 5.41) is 3.34. The number of rotatable bonds is 4. The molecule has 1 aromatic carbocycles. The van der Waals surface area contributed by atoms with Crippen molar-refractivity contribution < 1.29 is 9.26 Å². The lowest BCUT2D eigenvalue weighted by Crippen LogP contribution is -1.94. The molecule has 0 aliphatic rings. The quantitative estimate of drug-likeness (QED) is 0.768. The number of ether oxygens (including phenoxy) is 1. The maximum atomic E-state index is 6.21. The Morgan fingerprint density at radius 2 is 2.12 bits per heavy atom. The third kappa shape index (κ3) is 2.40. The highest BCUT2D eigenvalue weighted by molar-refractivity contribution is 6.22. The van der Waals surface area contributed by atoms with Crippen LogP contribution in [0.25, 0.3) is 0 Å². The standard InChI is InChI=1S/C11H11ClN2O2/c1-15-7-9-13-11(16-14-9)10(12)8-5-3-2-4-6-8/h2-6,10H,7H2,1H3. The number of aromatic nitrogens is 2. The van der Waals surface area contributed by atoms with Crippen LogP contribution >= 0.6 is 11.6 Å². The lowest BCUT2D eigenvalue weighted by Gasteiger charge is -2.03. The summed E-state index contributed by atoms with van der Waals surface area (Å²) in [6.45, 7) is 0.321. The maximum absolute atomic E-state index is 6.21. The maximum Gasteiger partial charge on any atom is 0.249 e. The molecule has 0 spiro atoms. The zero-order chi connectivity index (χ0) is 11.4. The zero-order valence-electron chi connectivity index (χ0n) is 8.76. The zero-order valence-corrected chi connectivity index (χ0v) is 9.52. The molecule has 0 radical (unpaired) electrons. The molecule has 0 aliphatic carbocycles. The number of hydrogen-bond acceptors (Lipinski definition) is 4. The summed E-state index contributed by atoms with van der Waals surface area (Å²) in [7, 11) is 1.57. The minimum Gasteiger partial charge on any atom is -0.377 e. The minimum atomic E-state index is -0.417. The lowest BCUT2D eigenvalue weighted by atomic mass is 10.1. The average Bonchev–Trinajstić information content (AvgIpc) is 2.78. The average molecular weight is 239 g/mol. The van der Waals surface area contributed by atoms with Gasteiger partial charge in [0.1, 0.15) is 12.0 Å². The van der Waals surface area contributed by atoms with E-state index in [1.54, 1.807) is 7.11 Å². The van der Waals surface area contributed by atoms with Crippen molar-refractivity contribution in [2.75, 3.05) is 7.11 Å². The van der Waals surface area contributed by atoms with Crippen molar-refractivity contribution >= 4 is 11.6 Å². The molecule has 2 aromatic rings. The van der Waals surface area contributed by atoms with E-state index in [0.29, 0.717) is 18.3 Å². The van der Waals surface area contributed by atoms with Gasteiger partial charge in [-0.2, -0.15) is 4.98 Å². The first kappa shape index (κ1) is 11.1. The van der Waals surface area contributed by atoms with Gasteiger partial charge >= 0.3 is 0 Å². The molecule has 1 aromatic heterocycles. The monoisotopic (exact) mass is 238 g/mol. The van der Waals surface area contributed by atoms with Gasteiger partial charge in [-0.15, -0.1) is 11.6 Å². The molecule has 1 heterocycles. The van der Waals surface area contributed by atoms with E-state index in [2.05, 4.69) is 10.1 Å². The van der Waals surface area contributed by atoms with Crippen molar-refractivity contribution in [1.29, 1.82) is 0 Å². The second-order valence-electron chi connectivity index (χ2n) is 3.26. The molecular formula is C11H11ClN2O2. The molecule has 1 unspecified atom stereocenters. The molecule has 84 valence electrons. The number of nitrogens with zero attached hydrogens (tertiary/aromatic N) is 2. The molecule has 0 bridgehead atoms. The molecular weight excluding hydrogens is 228 g/mol. The van der Waals surface area contributed by atoms with Gasteiger partial charge in [-0.25, -0.2) is 0 Å². The van der Waals surface area contributed by atoms with Crippen LogP contribution in [0.3, 0.4) is 0 Å². The summed E-state index contributed by atoms with van der Waals surface area (Å²) in [6.07, 6.45) is 0. The smallest absolute Gasteiger partial charge is 0.249 e. The predicted molar refractivity (Wildman–Crippen MR) is 59.1 cm³/mol. The van der Waals surface area contributed by atoms with Crippen LogP contribution in [0.15, 0.2) is 34.9 Å². The van der Waals surface area contributed by atoms with E-state index >= 15 is 0 Å². The van der Waals surface area contributed by atoms with E-state index in [9.17, 15) is 0 Å². The Balaban J connectivity index is 2.17. The van der Waals surface area contributed by atoms with Crippen LogP contribution in [0.4, 0.5) is 0 Å². The highest BCUT2D eigenvalue weighted by Crippen LogP contribution is 2.26. The van der Waals surface area contributed by atoms with Gasteiger partial charge in [0.2, 0.25) is 5.89 Å². The van der Waals surface area contributed by atoms with Crippen molar-refractivity contribution in [2.45, 2.75) is 12.0 Å². The third-order valence-corrected chi connectivity index (χ3v) is 2.50. The SMILES string of the molecule is COCc1noc(C(Cl)c2ccccc2)n1. The van der Waals surface area contributed by atoms with Crippen LogP contribution in [0.5, 0.6) is 0 Å². The van der Waals surface area contributed by atoms with Crippen LogP contribution in [-0.4, -0.2) is 17.3 Å². The molecule has 0 saturated heterocycles. The Bertz CT molecular complexity index is 444. The van der Waals surface area contributed by atoms with Crippen molar-refractivity contribution in [1.82, 2.24) is 10.1 Å². The first-order chi connectivity index (χ1) is 7.81. The van der Waals surface area contributed by atoms with E-state index in [0.717, 1.165) is 5.56 Å². The van der Waals surface area contributed by atoms with Crippen molar-refractivity contribution in [2.24, 2.45) is 0 Å². The van der Waals surface area contributed by atoms with Crippen molar-refractivity contribution in [3.05, 3.63) is 47.6 Å². The molecule has 16 heavy (non-hydrogen) atoms. The van der Waals surface area contributed by atoms with E-state index in [1.165, 1.54) is 0 Å². The highest BCUT2D eigenvalue weighted by atomic mass is 35.5. The van der Waals surface area contributed by atoms with E-state index in [4.69, 9.17) is 20.9 Å². The van der Waals surface area contributed by atoms with Crippen molar-refractivity contribution in [3.63, 3.8) is 0 Å². The van der Waals surface area contributed by atoms with Crippen LogP contribution in [0.1, 0.15) is 22.7 Å². The van der Waals surface area contributed by atoms with E-state index < -0.39 is 5.38 Å². The van der Waals surface area contributed by atoms with Gasteiger partial charge in [-0.3, -0.25) is 0 Å². The summed E-state index contributed by atoms with van der Waals surface area (Å²) >= 11 is 6.21. The number of methoxy groups -OCH3 is 1. The van der Waals surface area contributed by atoms with E-state index in [1.807, 2.05) is 30.3 Å². The largest absolute Gasteiger partial charge is 0.377 e. The Kier molecular flexibility index (Phi) is 3.54. The first-order valence-electron chi connectivity index (χ1n) is 4.81. The summed E-state index contributed by atoms with van der Waals surface area (Å²) in [6, 6.07) is 9.58. The highest BCUT2D eigenvalue weighted by Gasteiger charge is 2.17. The second-order valence-corrected chi connectivity index (χ2v) is 3.69. The summed E-state index contributed by atoms with van der Waals surface area (Å²) in [4.78, 5) is 4.14. The fraction of sp³-hybridized carbons (Fsp3) is 0.273. The number of hydrogen-bond donors (Lipinski definition) is 0. The van der Waals surface area contributed by atoms with Gasteiger partial charge in [0.25, 0.3) is 0 Å². The predicted octanol–water partition coefficient (Wildman–Crippen LogP) is 2.54. The number of benzene rings is 1. The summed E-state index contributed by atoms with van der Waals surface area (Å²) < 4.78 is 9.96. The fourth-order valence-corrected chi connectivity index (χ4v) is 1.56. The van der Waals surface area contributed by atoms with Crippen molar-refractivity contribution in [3.8, 4) is 0 Å². The lowest BCUT2D eigenvalue weighted by molar-refractivity contribution is 0.174. The Morgan fingerprint density at radius 3 is 2.81 bits per heavy atom. The molecule has 0 saturated carbocycles. The molecule has 2 rings (SSSR count). The van der Waals surface area contributed by atoms with Gasteiger partial charge in [-0.1, -0.05) is 35.5 Å². The normalized spacial score (nSPS) is 12.6. The third-order valence-electron chi connectivity index (χ3n) is 2.07. The molecule has 0 N–H and O–H groups in total. The summed E-state index contributed by atoms with van der Waals surface area (Å²) in [5.74, 6) is 0.888. The Labute approximate surface area is 98.2 Å². The van der Waals surface area contributed by atoms with Gasteiger partial charge in [0.15, 0.2) is 5.82 Å². The molecule has 4 nitrogen and oxygen atoms in total. The Hall–Kier alpha value is -1.39. The summed E-state index contributed by atoms with van der Waals surface area (Å²) in [5.41, 5.74) is 0.928.